The third-order valence-electron chi connectivity index (χ3n) is 2.69. The van der Waals surface area contributed by atoms with Crippen LogP contribution in [-0.2, 0) is 4.79 Å². The third-order valence-corrected chi connectivity index (χ3v) is 2.69. The number of hydrogen-bond acceptors (Lipinski definition) is 1. The summed E-state index contributed by atoms with van der Waals surface area (Å²) in [7, 11) is 0. The van der Waals surface area contributed by atoms with Crippen molar-refractivity contribution in [3.05, 3.63) is 11.6 Å². The smallest absolute Gasteiger partial charge is 0.223 e. The van der Waals surface area contributed by atoms with Gasteiger partial charge in [-0.05, 0) is 19.8 Å². The minimum absolute atomic E-state index is 0.349. The first-order valence-electron chi connectivity index (χ1n) is 4.25. The Balaban J connectivity index is 2.24. The second-order valence-corrected chi connectivity index (χ2v) is 3.38. The van der Waals surface area contributed by atoms with E-state index in [1.165, 1.54) is 5.57 Å². The van der Waals surface area contributed by atoms with Gasteiger partial charge in [0.15, 0.2) is 0 Å². The van der Waals surface area contributed by atoms with Crippen molar-refractivity contribution in [1.82, 2.24) is 4.90 Å². The molecule has 0 N–H and O–H groups in total. The fourth-order valence-corrected chi connectivity index (χ4v) is 2.05. The van der Waals surface area contributed by atoms with Gasteiger partial charge in [-0.15, -0.1) is 0 Å². The lowest BCUT2D eigenvalue weighted by molar-refractivity contribution is -0.128. The second kappa shape index (κ2) is 2.36. The van der Waals surface area contributed by atoms with Crippen LogP contribution < -0.4 is 0 Å². The summed E-state index contributed by atoms with van der Waals surface area (Å²) in [4.78, 5) is 13.3. The third kappa shape index (κ3) is 0.971. The predicted octanol–water partition coefficient (Wildman–Crippen LogP) is 1.33. The van der Waals surface area contributed by atoms with Gasteiger partial charge in [-0.2, -0.15) is 0 Å². The van der Waals surface area contributed by atoms with Crippen LogP contribution in [0.5, 0.6) is 0 Å². The second-order valence-electron chi connectivity index (χ2n) is 3.38. The van der Waals surface area contributed by atoms with Crippen LogP contribution in [0.15, 0.2) is 11.6 Å². The number of carbonyl (C=O) groups excluding carboxylic acids is 1. The van der Waals surface area contributed by atoms with Gasteiger partial charge in [0.05, 0.1) is 6.04 Å². The summed E-state index contributed by atoms with van der Waals surface area (Å²) in [6.45, 7) is 3.08. The molecule has 60 valence electrons. The molecule has 0 aromatic heterocycles. The quantitative estimate of drug-likeness (QED) is 0.478. The van der Waals surface area contributed by atoms with E-state index in [9.17, 15) is 4.79 Å². The molecule has 0 bridgehead atoms. The van der Waals surface area contributed by atoms with E-state index in [2.05, 4.69) is 13.0 Å². The van der Waals surface area contributed by atoms with E-state index in [0.717, 1.165) is 25.8 Å². The molecule has 0 aromatic carbocycles. The summed E-state index contributed by atoms with van der Waals surface area (Å²) < 4.78 is 0. The van der Waals surface area contributed by atoms with E-state index in [1.54, 1.807) is 0 Å². The van der Waals surface area contributed by atoms with Gasteiger partial charge in [0.25, 0.3) is 0 Å². The van der Waals surface area contributed by atoms with Crippen LogP contribution in [0.25, 0.3) is 0 Å². The van der Waals surface area contributed by atoms with Gasteiger partial charge in [-0.1, -0.05) is 11.6 Å². The molecular formula is C9H13NO. The number of hydrogen-bond donors (Lipinski definition) is 0. The molecule has 2 heterocycles. The van der Waals surface area contributed by atoms with Gasteiger partial charge in [0.1, 0.15) is 0 Å². The minimum Gasteiger partial charge on any atom is -0.336 e. The zero-order chi connectivity index (χ0) is 7.84. The number of amides is 1. The Hall–Kier alpha value is -0.790. The molecule has 2 heteroatoms. The summed E-state index contributed by atoms with van der Waals surface area (Å²) in [6.07, 6.45) is 5.12. The lowest BCUT2D eigenvalue weighted by Gasteiger charge is -2.29. The highest BCUT2D eigenvalue weighted by molar-refractivity contribution is 5.79. The number of nitrogens with zero attached hydrogens (tertiary/aromatic N) is 1. The molecule has 0 saturated carbocycles. The molecule has 0 aromatic rings. The Kier molecular flexibility index (Phi) is 1.48. The van der Waals surface area contributed by atoms with Crippen LogP contribution in [0.4, 0.5) is 0 Å². The molecule has 2 rings (SSSR count). The Morgan fingerprint density at radius 1 is 1.64 bits per heavy atom. The van der Waals surface area contributed by atoms with Gasteiger partial charge in [0.2, 0.25) is 5.91 Å². The van der Waals surface area contributed by atoms with Crippen LogP contribution in [-0.4, -0.2) is 23.4 Å². The highest BCUT2D eigenvalue weighted by Gasteiger charge is 2.32. The molecule has 11 heavy (non-hydrogen) atoms. The number of carbonyl (C=O) groups is 1. The maximum atomic E-state index is 11.3. The fraction of sp³-hybridized carbons (Fsp3) is 0.667. The average molecular weight is 151 g/mol. The van der Waals surface area contributed by atoms with Crippen molar-refractivity contribution in [3.8, 4) is 0 Å². The van der Waals surface area contributed by atoms with E-state index in [0.29, 0.717) is 11.9 Å². The summed E-state index contributed by atoms with van der Waals surface area (Å²) >= 11 is 0. The van der Waals surface area contributed by atoms with E-state index in [4.69, 9.17) is 0 Å². The zero-order valence-corrected chi connectivity index (χ0v) is 6.84. The fourth-order valence-electron chi connectivity index (χ4n) is 2.05. The number of fused-ring (bicyclic) bond motifs is 1. The van der Waals surface area contributed by atoms with Crippen LogP contribution in [0.3, 0.4) is 0 Å². The van der Waals surface area contributed by atoms with Crippen molar-refractivity contribution in [2.75, 3.05) is 6.54 Å². The van der Waals surface area contributed by atoms with Gasteiger partial charge in [0, 0.05) is 13.0 Å². The molecule has 1 saturated heterocycles. The molecule has 1 amide bonds. The van der Waals surface area contributed by atoms with E-state index in [-0.39, 0.29) is 0 Å². The predicted molar refractivity (Wildman–Crippen MR) is 43.1 cm³/mol. The average Bonchev–Trinajstić information content (AvgIpc) is 2.35. The normalized spacial score (nSPS) is 30.3. The van der Waals surface area contributed by atoms with Gasteiger partial charge < -0.3 is 4.90 Å². The molecule has 1 unspecified atom stereocenters. The lowest BCUT2D eigenvalue weighted by Crippen LogP contribution is -2.36. The van der Waals surface area contributed by atoms with Crippen molar-refractivity contribution in [3.63, 3.8) is 0 Å². The van der Waals surface area contributed by atoms with Crippen molar-refractivity contribution in [2.24, 2.45) is 0 Å². The summed E-state index contributed by atoms with van der Waals surface area (Å²) in [5.41, 5.74) is 1.39. The first kappa shape index (κ1) is 6.89. The monoisotopic (exact) mass is 151 g/mol. The van der Waals surface area contributed by atoms with Crippen molar-refractivity contribution < 1.29 is 4.79 Å². The molecule has 1 fully saturated rings. The van der Waals surface area contributed by atoms with Gasteiger partial charge in [-0.3, -0.25) is 4.79 Å². The molecule has 0 spiro atoms. The first-order chi connectivity index (χ1) is 5.29. The highest BCUT2D eigenvalue weighted by atomic mass is 16.2. The van der Waals surface area contributed by atoms with Crippen LogP contribution >= 0.6 is 0 Å². The Bertz CT molecular complexity index is 220. The highest BCUT2D eigenvalue weighted by Crippen LogP contribution is 2.27. The van der Waals surface area contributed by atoms with Crippen molar-refractivity contribution in [2.45, 2.75) is 32.2 Å². The largest absolute Gasteiger partial charge is 0.336 e. The zero-order valence-electron chi connectivity index (χ0n) is 6.84. The maximum Gasteiger partial charge on any atom is 0.223 e. The molecule has 2 aliphatic rings. The molecular weight excluding hydrogens is 138 g/mol. The van der Waals surface area contributed by atoms with Crippen LogP contribution in [0, 0.1) is 0 Å². The minimum atomic E-state index is 0.349. The van der Waals surface area contributed by atoms with E-state index >= 15 is 0 Å². The van der Waals surface area contributed by atoms with Gasteiger partial charge in [-0.25, -0.2) is 0 Å². The van der Waals surface area contributed by atoms with Crippen LogP contribution in [0.1, 0.15) is 26.2 Å². The molecule has 2 nitrogen and oxygen atoms in total. The summed E-state index contributed by atoms with van der Waals surface area (Å²) in [5, 5.41) is 0. The van der Waals surface area contributed by atoms with Crippen LogP contribution in [0.2, 0.25) is 0 Å². The standard InChI is InChI=1S/C9H13NO/c1-7-3-2-6-10-8(7)4-5-9(10)11/h3,8H,2,4-6H2,1H3. The Labute approximate surface area is 66.9 Å². The molecule has 2 aliphatic heterocycles. The topological polar surface area (TPSA) is 20.3 Å². The molecule has 1 atom stereocenters. The number of rotatable bonds is 0. The van der Waals surface area contributed by atoms with E-state index < -0.39 is 0 Å². The van der Waals surface area contributed by atoms with Crippen molar-refractivity contribution in [1.29, 1.82) is 0 Å². The summed E-state index contributed by atoms with van der Waals surface area (Å²) in [5.74, 6) is 0.349. The SMILES string of the molecule is CC1=CCCN2C(=O)CCC12. The molecule has 0 aliphatic carbocycles. The first-order valence-corrected chi connectivity index (χ1v) is 4.25. The lowest BCUT2D eigenvalue weighted by atomic mass is 10.0. The van der Waals surface area contributed by atoms with Crippen molar-refractivity contribution >= 4 is 5.91 Å². The van der Waals surface area contributed by atoms with Gasteiger partial charge >= 0.3 is 0 Å². The Morgan fingerprint density at radius 3 is 3.18 bits per heavy atom. The Morgan fingerprint density at radius 2 is 2.45 bits per heavy atom. The van der Waals surface area contributed by atoms with E-state index in [1.807, 2.05) is 4.90 Å². The summed E-state index contributed by atoms with van der Waals surface area (Å²) in [6, 6.07) is 0.455. The molecule has 0 radical (unpaired) electrons. The maximum absolute atomic E-state index is 11.3.